The van der Waals surface area contributed by atoms with Gasteiger partial charge in [-0.3, -0.25) is 9.59 Å². The number of aryl methyl sites for hydroxylation is 1. The SMILES string of the molecule is Cn1nnnc1-c1cccc(NC(=O)CCCCC(=O)O)c1. The number of benzene rings is 1. The summed E-state index contributed by atoms with van der Waals surface area (Å²) in [5.74, 6) is -0.374. The van der Waals surface area contributed by atoms with Crippen LogP contribution in [0.15, 0.2) is 24.3 Å². The average Bonchev–Trinajstić information content (AvgIpc) is 2.90. The monoisotopic (exact) mass is 303 g/mol. The Labute approximate surface area is 127 Å². The number of hydrogen-bond donors (Lipinski definition) is 2. The van der Waals surface area contributed by atoms with Crippen LogP contribution in [0.4, 0.5) is 5.69 Å². The Bertz CT molecular complexity index is 668. The summed E-state index contributed by atoms with van der Waals surface area (Å²) in [4.78, 5) is 22.2. The van der Waals surface area contributed by atoms with E-state index in [1.165, 1.54) is 0 Å². The van der Waals surface area contributed by atoms with Crippen LogP contribution in [0.2, 0.25) is 0 Å². The van der Waals surface area contributed by atoms with Gasteiger partial charge in [0.25, 0.3) is 0 Å². The first kappa shape index (κ1) is 15.6. The first-order valence-corrected chi connectivity index (χ1v) is 6.90. The maximum atomic E-state index is 11.8. The number of aliphatic carboxylic acids is 1. The van der Waals surface area contributed by atoms with Crippen LogP contribution in [0, 0.1) is 0 Å². The van der Waals surface area contributed by atoms with E-state index in [0.717, 1.165) is 5.56 Å². The molecule has 22 heavy (non-hydrogen) atoms. The van der Waals surface area contributed by atoms with Gasteiger partial charge in [-0.15, -0.1) is 5.10 Å². The second-order valence-electron chi connectivity index (χ2n) is 4.86. The van der Waals surface area contributed by atoms with E-state index in [4.69, 9.17) is 5.11 Å². The zero-order valence-corrected chi connectivity index (χ0v) is 12.2. The quantitative estimate of drug-likeness (QED) is 0.749. The molecule has 116 valence electrons. The van der Waals surface area contributed by atoms with Crippen molar-refractivity contribution in [1.82, 2.24) is 20.2 Å². The maximum absolute atomic E-state index is 11.8. The number of carbonyl (C=O) groups excluding carboxylic acids is 1. The molecule has 0 bridgehead atoms. The fraction of sp³-hybridized carbons (Fsp3) is 0.357. The molecule has 1 aromatic carbocycles. The van der Waals surface area contributed by atoms with E-state index in [0.29, 0.717) is 30.8 Å². The molecule has 0 saturated carbocycles. The van der Waals surface area contributed by atoms with E-state index in [2.05, 4.69) is 20.8 Å². The Hall–Kier alpha value is -2.77. The molecule has 8 heteroatoms. The number of nitrogens with zero attached hydrogens (tertiary/aromatic N) is 4. The van der Waals surface area contributed by atoms with Crippen LogP contribution < -0.4 is 5.32 Å². The summed E-state index contributed by atoms with van der Waals surface area (Å²) in [6, 6.07) is 7.24. The van der Waals surface area contributed by atoms with Crippen molar-refractivity contribution >= 4 is 17.6 Å². The lowest BCUT2D eigenvalue weighted by molar-refractivity contribution is -0.137. The molecule has 2 N–H and O–H groups in total. The van der Waals surface area contributed by atoms with Gasteiger partial charge in [0.1, 0.15) is 0 Å². The van der Waals surface area contributed by atoms with E-state index in [-0.39, 0.29) is 12.3 Å². The predicted octanol–water partition coefficient (Wildman–Crippen LogP) is 1.46. The molecular weight excluding hydrogens is 286 g/mol. The largest absolute Gasteiger partial charge is 0.481 e. The number of hydrogen-bond acceptors (Lipinski definition) is 5. The van der Waals surface area contributed by atoms with Crippen molar-refractivity contribution in [3.8, 4) is 11.4 Å². The summed E-state index contributed by atoms with van der Waals surface area (Å²) in [7, 11) is 1.74. The number of tetrazole rings is 1. The first-order valence-electron chi connectivity index (χ1n) is 6.90. The van der Waals surface area contributed by atoms with Crippen molar-refractivity contribution in [2.75, 3.05) is 5.32 Å². The highest BCUT2D eigenvalue weighted by Crippen LogP contribution is 2.19. The van der Waals surface area contributed by atoms with Crippen LogP contribution in [-0.2, 0) is 16.6 Å². The predicted molar refractivity (Wildman–Crippen MR) is 79.0 cm³/mol. The van der Waals surface area contributed by atoms with Gasteiger partial charge in [-0.25, -0.2) is 4.68 Å². The van der Waals surface area contributed by atoms with Crippen LogP contribution in [-0.4, -0.2) is 37.2 Å². The highest BCUT2D eigenvalue weighted by Gasteiger charge is 2.08. The first-order chi connectivity index (χ1) is 10.6. The fourth-order valence-electron chi connectivity index (χ4n) is 2.00. The fourth-order valence-corrected chi connectivity index (χ4v) is 2.00. The average molecular weight is 303 g/mol. The Balaban J connectivity index is 1.92. The molecule has 0 aliphatic rings. The number of aromatic nitrogens is 4. The molecule has 1 amide bonds. The molecule has 0 aliphatic heterocycles. The van der Waals surface area contributed by atoms with Crippen molar-refractivity contribution in [1.29, 1.82) is 0 Å². The van der Waals surface area contributed by atoms with Gasteiger partial charge >= 0.3 is 5.97 Å². The number of carboxylic acids is 1. The minimum Gasteiger partial charge on any atom is -0.481 e. The van der Waals surface area contributed by atoms with E-state index in [9.17, 15) is 9.59 Å². The normalized spacial score (nSPS) is 10.4. The molecule has 0 radical (unpaired) electrons. The van der Waals surface area contributed by atoms with Crippen LogP contribution in [0.5, 0.6) is 0 Å². The van der Waals surface area contributed by atoms with Crippen molar-refractivity contribution in [2.24, 2.45) is 7.05 Å². The molecule has 0 spiro atoms. The van der Waals surface area contributed by atoms with Crippen LogP contribution in [0.25, 0.3) is 11.4 Å². The van der Waals surface area contributed by atoms with Crippen molar-refractivity contribution < 1.29 is 14.7 Å². The van der Waals surface area contributed by atoms with Gasteiger partial charge in [0.05, 0.1) is 0 Å². The lowest BCUT2D eigenvalue weighted by Crippen LogP contribution is -2.11. The molecule has 0 atom stereocenters. The van der Waals surface area contributed by atoms with Crippen LogP contribution in [0.3, 0.4) is 0 Å². The molecule has 8 nitrogen and oxygen atoms in total. The second kappa shape index (κ2) is 7.30. The molecule has 1 heterocycles. The van der Waals surface area contributed by atoms with E-state index < -0.39 is 5.97 Å². The number of carboxylic acid groups (broad SMARTS) is 1. The summed E-state index contributed by atoms with van der Waals surface area (Å²) < 4.78 is 1.55. The van der Waals surface area contributed by atoms with Gasteiger partial charge in [0.15, 0.2) is 5.82 Å². The lowest BCUT2D eigenvalue weighted by atomic mass is 10.1. The zero-order chi connectivity index (χ0) is 15.9. The van der Waals surface area contributed by atoms with E-state index in [1.54, 1.807) is 23.9 Å². The van der Waals surface area contributed by atoms with E-state index >= 15 is 0 Å². The topological polar surface area (TPSA) is 110 Å². The summed E-state index contributed by atoms with van der Waals surface area (Å²) in [5, 5.41) is 22.6. The Morgan fingerprint density at radius 3 is 2.73 bits per heavy atom. The number of anilines is 1. The molecule has 2 aromatic rings. The minimum absolute atomic E-state index is 0.0852. The molecule has 0 unspecified atom stereocenters. The Kier molecular flexibility index (Phi) is 5.18. The molecule has 0 saturated heterocycles. The van der Waals surface area contributed by atoms with Gasteiger partial charge in [-0.1, -0.05) is 12.1 Å². The summed E-state index contributed by atoms with van der Waals surface area (Å²) in [5.41, 5.74) is 1.46. The van der Waals surface area contributed by atoms with Gasteiger partial charge in [0, 0.05) is 31.1 Å². The minimum atomic E-state index is -0.842. The molecule has 1 aromatic heterocycles. The second-order valence-corrected chi connectivity index (χ2v) is 4.86. The number of amides is 1. The third kappa shape index (κ3) is 4.37. The standard InChI is InChI=1S/C14H17N5O3/c1-19-14(16-17-18-19)10-5-4-6-11(9-10)15-12(20)7-2-3-8-13(21)22/h4-6,9H,2-3,7-8H2,1H3,(H,15,20)(H,21,22). The Morgan fingerprint density at radius 2 is 2.05 bits per heavy atom. The molecule has 0 aliphatic carbocycles. The van der Waals surface area contributed by atoms with Gasteiger partial charge < -0.3 is 10.4 Å². The smallest absolute Gasteiger partial charge is 0.303 e. The Morgan fingerprint density at radius 1 is 1.27 bits per heavy atom. The summed E-state index contributed by atoms with van der Waals surface area (Å²) >= 11 is 0. The van der Waals surface area contributed by atoms with Crippen molar-refractivity contribution in [2.45, 2.75) is 25.7 Å². The van der Waals surface area contributed by atoms with Crippen LogP contribution in [0.1, 0.15) is 25.7 Å². The third-order valence-corrected chi connectivity index (χ3v) is 3.07. The van der Waals surface area contributed by atoms with Crippen molar-refractivity contribution in [3.05, 3.63) is 24.3 Å². The van der Waals surface area contributed by atoms with Gasteiger partial charge in [0.2, 0.25) is 5.91 Å². The highest BCUT2D eigenvalue weighted by molar-refractivity contribution is 5.91. The lowest BCUT2D eigenvalue weighted by Gasteiger charge is -2.06. The van der Waals surface area contributed by atoms with Gasteiger partial charge in [-0.2, -0.15) is 0 Å². The van der Waals surface area contributed by atoms with E-state index in [1.807, 2.05) is 12.1 Å². The molecule has 0 fully saturated rings. The molecule has 2 rings (SSSR count). The van der Waals surface area contributed by atoms with Crippen molar-refractivity contribution in [3.63, 3.8) is 0 Å². The van der Waals surface area contributed by atoms with Gasteiger partial charge in [-0.05, 0) is 35.4 Å². The highest BCUT2D eigenvalue weighted by atomic mass is 16.4. The number of carbonyl (C=O) groups is 2. The number of nitrogens with one attached hydrogen (secondary N) is 1. The third-order valence-electron chi connectivity index (χ3n) is 3.07. The summed E-state index contributed by atoms with van der Waals surface area (Å²) in [6.45, 7) is 0. The summed E-state index contributed by atoms with van der Waals surface area (Å²) in [6.07, 6.45) is 1.42. The zero-order valence-electron chi connectivity index (χ0n) is 12.2. The molecular formula is C14H17N5O3. The number of rotatable bonds is 7. The number of unbranched alkanes of at least 4 members (excludes halogenated alkanes) is 1. The maximum Gasteiger partial charge on any atom is 0.303 e. The van der Waals surface area contributed by atoms with Crippen LogP contribution >= 0.6 is 0 Å².